The Labute approximate surface area is 151 Å². The van der Waals surface area contributed by atoms with E-state index in [1.165, 1.54) is 6.08 Å². The fraction of sp³-hybridized carbons (Fsp3) is 0.150. The fourth-order valence-electron chi connectivity index (χ4n) is 2.84. The molecule has 4 amide bonds. The number of anilines is 1. The molecule has 6 nitrogen and oxygen atoms in total. The number of hydrogen-bond donors (Lipinski definition) is 1. The molecule has 1 aliphatic rings. The lowest BCUT2D eigenvalue weighted by Gasteiger charge is -2.27. The summed E-state index contributed by atoms with van der Waals surface area (Å²) in [6, 6.07) is 11.5. The predicted molar refractivity (Wildman–Crippen MR) is 97.9 cm³/mol. The van der Waals surface area contributed by atoms with Crippen molar-refractivity contribution in [1.82, 2.24) is 5.32 Å². The molecule has 1 heterocycles. The number of rotatable bonds is 3. The molecule has 2 aromatic rings. The number of carbonyl (C=O) groups is 3. The Balaban J connectivity index is 2.00. The molecule has 0 aliphatic carbocycles. The summed E-state index contributed by atoms with van der Waals surface area (Å²) in [5.74, 6) is -0.699. The summed E-state index contributed by atoms with van der Waals surface area (Å²) < 4.78 is 5.09. The van der Waals surface area contributed by atoms with Gasteiger partial charge in [-0.15, -0.1) is 0 Å². The molecule has 0 spiro atoms. The minimum absolute atomic E-state index is 0.103. The second-order valence-corrected chi connectivity index (χ2v) is 6.08. The van der Waals surface area contributed by atoms with Gasteiger partial charge in [-0.3, -0.25) is 14.9 Å². The van der Waals surface area contributed by atoms with E-state index in [1.54, 1.807) is 43.5 Å². The lowest BCUT2D eigenvalue weighted by molar-refractivity contribution is -0.122. The molecule has 26 heavy (non-hydrogen) atoms. The first-order valence-corrected chi connectivity index (χ1v) is 8.03. The number of barbiturate groups is 1. The highest BCUT2D eigenvalue weighted by molar-refractivity contribution is 6.39. The molecule has 0 unspecified atom stereocenters. The van der Waals surface area contributed by atoms with Crippen molar-refractivity contribution >= 4 is 29.6 Å². The Morgan fingerprint density at radius 2 is 1.58 bits per heavy atom. The molecule has 0 atom stereocenters. The van der Waals surface area contributed by atoms with Gasteiger partial charge in [-0.2, -0.15) is 0 Å². The van der Waals surface area contributed by atoms with Gasteiger partial charge in [0.05, 0.1) is 12.8 Å². The van der Waals surface area contributed by atoms with Gasteiger partial charge in [-0.05, 0) is 60.9 Å². The summed E-state index contributed by atoms with van der Waals surface area (Å²) in [5.41, 5.74) is 2.81. The Bertz CT molecular complexity index is 909. The van der Waals surface area contributed by atoms with E-state index in [0.717, 1.165) is 16.0 Å². The van der Waals surface area contributed by atoms with Gasteiger partial charge >= 0.3 is 6.03 Å². The maximum absolute atomic E-state index is 12.8. The standard InChI is InChI=1S/C20H18N2O4/c1-12-8-13(2)10-15(9-12)22-19(24)17(18(23)21-20(22)25)11-14-4-6-16(26-3)7-5-14/h4-11H,1-3H3,(H,21,23,25)/b17-11-. The Morgan fingerprint density at radius 3 is 2.15 bits per heavy atom. The number of nitrogens with zero attached hydrogens (tertiary/aromatic N) is 1. The minimum atomic E-state index is -0.753. The SMILES string of the molecule is COc1ccc(/C=C2/C(=O)NC(=O)N(c3cc(C)cc(C)c3)C2=O)cc1. The predicted octanol–water partition coefficient (Wildman–Crippen LogP) is 2.98. The van der Waals surface area contributed by atoms with E-state index in [4.69, 9.17) is 4.74 Å². The van der Waals surface area contributed by atoms with Crippen LogP contribution < -0.4 is 15.0 Å². The van der Waals surface area contributed by atoms with Crippen LogP contribution in [0.5, 0.6) is 5.75 Å². The summed E-state index contributed by atoms with van der Waals surface area (Å²) in [7, 11) is 1.55. The Hall–Kier alpha value is -3.41. The number of nitrogens with one attached hydrogen (secondary N) is 1. The summed E-state index contributed by atoms with van der Waals surface area (Å²) in [4.78, 5) is 38.3. The van der Waals surface area contributed by atoms with E-state index < -0.39 is 17.8 Å². The maximum atomic E-state index is 12.8. The zero-order valence-electron chi connectivity index (χ0n) is 14.7. The number of amides is 4. The van der Waals surface area contributed by atoms with Crippen molar-refractivity contribution < 1.29 is 19.1 Å². The van der Waals surface area contributed by atoms with Crippen LogP contribution in [0.2, 0.25) is 0 Å². The van der Waals surface area contributed by atoms with Crippen LogP contribution in [-0.4, -0.2) is 25.0 Å². The van der Waals surface area contributed by atoms with Crippen molar-refractivity contribution in [1.29, 1.82) is 0 Å². The number of carbonyl (C=O) groups excluding carboxylic acids is 3. The number of benzene rings is 2. The molecule has 3 rings (SSSR count). The van der Waals surface area contributed by atoms with E-state index in [-0.39, 0.29) is 5.57 Å². The fourth-order valence-corrected chi connectivity index (χ4v) is 2.84. The highest BCUT2D eigenvalue weighted by atomic mass is 16.5. The van der Waals surface area contributed by atoms with Crippen molar-refractivity contribution in [2.24, 2.45) is 0 Å². The van der Waals surface area contributed by atoms with E-state index >= 15 is 0 Å². The first-order valence-electron chi connectivity index (χ1n) is 8.03. The van der Waals surface area contributed by atoms with Gasteiger partial charge in [-0.1, -0.05) is 18.2 Å². The topological polar surface area (TPSA) is 75.7 Å². The highest BCUT2D eigenvalue weighted by Gasteiger charge is 2.36. The highest BCUT2D eigenvalue weighted by Crippen LogP contribution is 2.24. The zero-order valence-corrected chi connectivity index (χ0v) is 14.7. The average Bonchev–Trinajstić information content (AvgIpc) is 2.58. The lowest BCUT2D eigenvalue weighted by atomic mass is 10.1. The maximum Gasteiger partial charge on any atom is 0.335 e. The number of aryl methyl sites for hydroxylation is 2. The largest absolute Gasteiger partial charge is 0.497 e. The van der Waals surface area contributed by atoms with Crippen LogP contribution in [0, 0.1) is 13.8 Å². The Morgan fingerprint density at radius 1 is 0.962 bits per heavy atom. The molecule has 1 fully saturated rings. The monoisotopic (exact) mass is 350 g/mol. The molecule has 1 saturated heterocycles. The smallest absolute Gasteiger partial charge is 0.335 e. The molecule has 0 aromatic heterocycles. The normalized spacial score (nSPS) is 16.0. The van der Waals surface area contributed by atoms with Gasteiger partial charge in [0, 0.05) is 0 Å². The van der Waals surface area contributed by atoms with Crippen LogP contribution in [0.15, 0.2) is 48.0 Å². The molecule has 132 valence electrons. The van der Waals surface area contributed by atoms with Crippen LogP contribution in [0.25, 0.3) is 6.08 Å². The molecule has 2 aromatic carbocycles. The van der Waals surface area contributed by atoms with Crippen molar-refractivity contribution in [2.45, 2.75) is 13.8 Å². The van der Waals surface area contributed by atoms with E-state index in [0.29, 0.717) is 17.0 Å². The second kappa shape index (κ2) is 6.84. The second-order valence-electron chi connectivity index (χ2n) is 6.08. The van der Waals surface area contributed by atoms with E-state index in [2.05, 4.69) is 5.32 Å². The van der Waals surface area contributed by atoms with Crippen molar-refractivity contribution in [3.05, 3.63) is 64.7 Å². The summed E-state index contributed by atoms with van der Waals surface area (Å²) in [6.07, 6.45) is 1.46. The number of hydrogen-bond acceptors (Lipinski definition) is 4. The third-order valence-electron chi connectivity index (χ3n) is 3.99. The van der Waals surface area contributed by atoms with Crippen molar-refractivity contribution in [2.75, 3.05) is 12.0 Å². The van der Waals surface area contributed by atoms with Crippen LogP contribution in [0.1, 0.15) is 16.7 Å². The van der Waals surface area contributed by atoms with E-state index in [1.807, 2.05) is 19.9 Å². The molecular formula is C20H18N2O4. The Kier molecular flexibility index (Phi) is 4.58. The number of imide groups is 2. The number of methoxy groups -OCH3 is 1. The summed E-state index contributed by atoms with van der Waals surface area (Å²) in [6.45, 7) is 3.75. The van der Waals surface area contributed by atoms with Gasteiger partial charge in [0.1, 0.15) is 11.3 Å². The van der Waals surface area contributed by atoms with Gasteiger partial charge in [-0.25, -0.2) is 9.69 Å². The summed E-state index contributed by atoms with van der Waals surface area (Å²) in [5, 5.41) is 2.22. The lowest BCUT2D eigenvalue weighted by Crippen LogP contribution is -2.54. The quantitative estimate of drug-likeness (QED) is 0.682. The van der Waals surface area contributed by atoms with Gasteiger partial charge in [0.25, 0.3) is 11.8 Å². The number of urea groups is 1. The average molecular weight is 350 g/mol. The van der Waals surface area contributed by atoms with Gasteiger partial charge in [0.15, 0.2) is 0 Å². The van der Waals surface area contributed by atoms with E-state index in [9.17, 15) is 14.4 Å². The third kappa shape index (κ3) is 3.35. The molecule has 6 heteroatoms. The van der Waals surface area contributed by atoms with Crippen LogP contribution >= 0.6 is 0 Å². The summed E-state index contributed by atoms with van der Waals surface area (Å²) >= 11 is 0. The van der Waals surface area contributed by atoms with Crippen molar-refractivity contribution in [3.63, 3.8) is 0 Å². The number of ether oxygens (including phenoxy) is 1. The molecule has 1 N–H and O–H groups in total. The molecule has 0 saturated carbocycles. The van der Waals surface area contributed by atoms with Crippen LogP contribution in [-0.2, 0) is 9.59 Å². The zero-order chi connectivity index (χ0) is 18.8. The van der Waals surface area contributed by atoms with Crippen LogP contribution in [0.4, 0.5) is 10.5 Å². The first-order chi connectivity index (χ1) is 12.4. The van der Waals surface area contributed by atoms with Gasteiger partial charge < -0.3 is 4.74 Å². The molecule has 1 aliphatic heterocycles. The molecule has 0 radical (unpaired) electrons. The molecular weight excluding hydrogens is 332 g/mol. The third-order valence-corrected chi connectivity index (χ3v) is 3.99. The van der Waals surface area contributed by atoms with Gasteiger partial charge in [0.2, 0.25) is 0 Å². The molecule has 0 bridgehead atoms. The van der Waals surface area contributed by atoms with Crippen LogP contribution in [0.3, 0.4) is 0 Å². The van der Waals surface area contributed by atoms with Crippen molar-refractivity contribution in [3.8, 4) is 5.75 Å². The minimum Gasteiger partial charge on any atom is -0.497 e. The first kappa shape index (κ1) is 17.4.